The first-order valence-electron chi connectivity index (χ1n) is 5.06. The van der Waals surface area contributed by atoms with Crippen LogP contribution in [0, 0.1) is 11.8 Å². The van der Waals surface area contributed by atoms with Crippen LogP contribution in [-0.4, -0.2) is 12.1 Å². The molecule has 84 valence electrons. The number of hydrogen-bond acceptors (Lipinski definition) is 2. The van der Waals surface area contributed by atoms with Gasteiger partial charge in [-0.3, -0.25) is 0 Å². The fraction of sp³-hybridized carbons (Fsp3) is 0.0714. The molecule has 0 N–H and O–H groups in total. The number of hydrogen-bond donors (Lipinski definition) is 0. The average Bonchev–Trinajstić information content (AvgIpc) is 2.38. The van der Waals surface area contributed by atoms with Gasteiger partial charge in [0.15, 0.2) is 0 Å². The Kier molecular flexibility index (Phi) is 3.64. The molecule has 0 aliphatic heterocycles. The van der Waals surface area contributed by atoms with E-state index in [4.69, 9.17) is 16.3 Å². The molecule has 2 rings (SSSR count). The summed E-state index contributed by atoms with van der Waals surface area (Å²) in [6.45, 7) is 0. The van der Waals surface area contributed by atoms with Crippen LogP contribution in [0.15, 0.2) is 42.6 Å². The highest BCUT2D eigenvalue weighted by atomic mass is 35.5. The minimum absolute atomic E-state index is 0.466. The van der Waals surface area contributed by atoms with Crippen molar-refractivity contribution >= 4 is 11.6 Å². The molecule has 3 heteroatoms. The summed E-state index contributed by atoms with van der Waals surface area (Å²) in [5.41, 5.74) is 1.67. The first kappa shape index (κ1) is 11.5. The first-order chi connectivity index (χ1) is 8.29. The molecule has 0 spiro atoms. The quantitative estimate of drug-likeness (QED) is 0.567. The lowest BCUT2D eigenvalue weighted by molar-refractivity contribution is 0.413. The zero-order chi connectivity index (χ0) is 12.1. The lowest BCUT2D eigenvalue weighted by Crippen LogP contribution is -1.86. The molecular formula is C14H10ClNO. The smallest absolute Gasteiger partial charge is 0.134 e. The molecule has 2 nitrogen and oxygen atoms in total. The Hall–Kier alpha value is -1.98. The molecule has 0 fully saturated rings. The topological polar surface area (TPSA) is 22.1 Å². The number of benzene rings is 1. The van der Waals surface area contributed by atoms with Crippen LogP contribution in [0.4, 0.5) is 0 Å². The number of ether oxygens (including phenoxy) is 1. The van der Waals surface area contributed by atoms with Gasteiger partial charge in [-0.15, -0.1) is 0 Å². The lowest BCUT2D eigenvalue weighted by Gasteiger charge is -2.00. The minimum atomic E-state index is 0.466. The molecule has 2 aromatic rings. The summed E-state index contributed by atoms with van der Waals surface area (Å²) >= 11 is 5.70. The molecular weight excluding hydrogens is 234 g/mol. The van der Waals surface area contributed by atoms with Crippen molar-refractivity contribution < 1.29 is 4.74 Å². The Labute approximate surface area is 105 Å². The van der Waals surface area contributed by atoms with Crippen LogP contribution in [0.25, 0.3) is 0 Å². The van der Waals surface area contributed by atoms with Crippen molar-refractivity contribution in [2.45, 2.75) is 0 Å². The number of rotatable bonds is 1. The molecule has 0 atom stereocenters. The number of para-hydroxylation sites is 1. The molecule has 0 radical (unpaired) electrons. The Balaban J connectivity index is 2.29. The number of halogens is 1. The molecule has 17 heavy (non-hydrogen) atoms. The van der Waals surface area contributed by atoms with Crippen molar-refractivity contribution in [2.24, 2.45) is 0 Å². The standard InChI is InChI=1S/C14H10ClNO/c1-17-13-5-3-2-4-12(13)8-6-11-7-9-14(15)16-10-11/h2-5,7,9-10H,1H3. The van der Waals surface area contributed by atoms with Crippen molar-refractivity contribution in [3.63, 3.8) is 0 Å². The molecule has 0 amide bonds. The van der Waals surface area contributed by atoms with Crippen LogP contribution < -0.4 is 4.74 Å². The molecule has 0 aliphatic rings. The summed E-state index contributed by atoms with van der Waals surface area (Å²) < 4.78 is 5.21. The molecule has 0 unspecified atom stereocenters. The van der Waals surface area contributed by atoms with Gasteiger partial charge in [-0.2, -0.15) is 0 Å². The molecule has 0 aliphatic carbocycles. The first-order valence-corrected chi connectivity index (χ1v) is 5.44. The lowest BCUT2D eigenvalue weighted by atomic mass is 10.2. The van der Waals surface area contributed by atoms with E-state index in [1.54, 1.807) is 19.4 Å². The number of nitrogens with zero attached hydrogens (tertiary/aromatic N) is 1. The van der Waals surface area contributed by atoms with Gasteiger partial charge in [-0.1, -0.05) is 35.6 Å². The molecule has 1 aromatic heterocycles. The summed E-state index contributed by atoms with van der Waals surface area (Å²) in [6.07, 6.45) is 1.64. The normalized spacial score (nSPS) is 9.29. The fourth-order valence-corrected chi connectivity index (χ4v) is 1.45. The highest BCUT2D eigenvalue weighted by molar-refractivity contribution is 6.29. The predicted octanol–water partition coefficient (Wildman–Crippen LogP) is 3.14. The van der Waals surface area contributed by atoms with Crippen LogP contribution in [0.5, 0.6) is 5.75 Å². The number of aromatic nitrogens is 1. The monoisotopic (exact) mass is 243 g/mol. The van der Waals surface area contributed by atoms with E-state index in [0.29, 0.717) is 5.15 Å². The largest absolute Gasteiger partial charge is 0.495 e. The minimum Gasteiger partial charge on any atom is -0.495 e. The van der Waals surface area contributed by atoms with E-state index in [-0.39, 0.29) is 0 Å². The summed E-state index contributed by atoms with van der Waals surface area (Å²) in [5, 5.41) is 0.466. The van der Waals surface area contributed by atoms with Crippen molar-refractivity contribution in [2.75, 3.05) is 7.11 Å². The summed E-state index contributed by atoms with van der Waals surface area (Å²) in [5.74, 6) is 6.82. The maximum Gasteiger partial charge on any atom is 0.134 e. The SMILES string of the molecule is COc1ccccc1C#Cc1ccc(Cl)nc1. The van der Waals surface area contributed by atoms with E-state index in [1.807, 2.05) is 30.3 Å². The van der Waals surface area contributed by atoms with E-state index >= 15 is 0 Å². The van der Waals surface area contributed by atoms with Gasteiger partial charge in [0.1, 0.15) is 10.9 Å². The van der Waals surface area contributed by atoms with Crippen molar-refractivity contribution in [3.8, 4) is 17.6 Å². The summed E-state index contributed by atoms with van der Waals surface area (Å²) in [7, 11) is 1.63. The summed E-state index contributed by atoms with van der Waals surface area (Å²) in [4.78, 5) is 3.97. The zero-order valence-electron chi connectivity index (χ0n) is 9.27. The van der Waals surface area contributed by atoms with Gasteiger partial charge in [0, 0.05) is 11.8 Å². The number of pyridine rings is 1. The second-order valence-electron chi connectivity index (χ2n) is 3.32. The summed E-state index contributed by atoms with van der Waals surface area (Å²) in [6, 6.07) is 11.2. The van der Waals surface area contributed by atoms with Crippen molar-refractivity contribution in [1.29, 1.82) is 0 Å². The predicted molar refractivity (Wildman–Crippen MR) is 68.2 cm³/mol. The third-order valence-corrected chi connectivity index (χ3v) is 2.40. The molecule has 1 heterocycles. The maximum absolute atomic E-state index is 5.70. The van der Waals surface area contributed by atoms with Crippen LogP contribution in [0.3, 0.4) is 0 Å². The third kappa shape index (κ3) is 2.99. The zero-order valence-corrected chi connectivity index (χ0v) is 10.0. The number of methoxy groups -OCH3 is 1. The van der Waals surface area contributed by atoms with Crippen molar-refractivity contribution in [1.82, 2.24) is 4.98 Å². The second kappa shape index (κ2) is 5.38. The Morgan fingerprint density at radius 2 is 1.94 bits per heavy atom. The van der Waals surface area contributed by atoms with E-state index in [1.165, 1.54) is 0 Å². The van der Waals surface area contributed by atoms with Crippen LogP contribution in [0.1, 0.15) is 11.1 Å². The van der Waals surface area contributed by atoms with E-state index < -0.39 is 0 Å². The molecule has 1 aromatic carbocycles. The molecule has 0 bridgehead atoms. The molecule has 0 saturated heterocycles. The van der Waals surface area contributed by atoms with E-state index in [0.717, 1.165) is 16.9 Å². The van der Waals surface area contributed by atoms with E-state index in [9.17, 15) is 0 Å². The van der Waals surface area contributed by atoms with Gasteiger partial charge in [-0.05, 0) is 24.3 Å². The van der Waals surface area contributed by atoms with Crippen LogP contribution >= 0.6 is 11.6 Å². The Bertz CT molecular complexity index is 567. The highest BCUT2D eigenvalue weighted by Crippen LogP contribution is 2.15. The van der Waals surface area contributed by atoms with Gasteiger partial charge in [-0.25, -0.2) is 4.98 Å². The van der Waals surface area contributed by atoms with Crippen molar-refractivity contribution in [3.05, 3.63) is 58.9 Å². The van der Waals surface area contributed by atoms with Crippen LogP contribution in [-0.2, 0) is 0 Å². The molecule has 0 saturated carbocycles. The van der Waals surface area contributed by atoms with Gasteiger partial charge in [0.05, 0.1) is 12.7 Å². The second-order valence-corrected chi connectivity index (χ2v) is 3.71. The van der Waals surface area contributed by atoms with Gasteiger partial charge in [0.25, 0.3) is 0 Å². The van der Waals surface area contributed by atoms with Gasteiger partial charge in [0.2, 0.25) is 0 Å². The third-order valence-electron chi connectivity index (χ3n) is 2.18. The Morgan fingerprint density at radius 3 is 2.65 bits per heavy atom. The van der Waals surface area contributed by atoms with Crippen LogP contribution in [0.2, 0.25) is 5.15 Å². The average molecular weight is 244 g/mol. The fourth-order valence-electron chi connectivity index (χ4n) is 1.34. The van der Waals surface area contributed by atoms with Gasteiger partial charge < -0.3 is 4.74 Å². The van der Waals surface area contributed by atoms with Gasteiger partial charge >= 0.3 is 0 Å². The van der Waals surface area contributed by atoms with E-state index in [2.05, 4.69) is 16.8 Å². The Morgan fingerprint density at radius 1 is 1.12 bits per heavy atom. The highest BCUT2D eigenvalue weighted by Gasteiger charge is 1.96. The maximum atomic E-state index is 5.70.